The molecule has 0 fully saturated rings. The Morgan fingerprint density at radius 2 is 2.33 bits per heavy atom. The van der Waals surface area contributed by atoms with Gasteiger partial charge in [0.1, 0.15) is 23.7 Å². The highest BCUT2D eigenvalue weighted by Gasteiger charge is 2.11. The molecule has 0 saturated heterocycles. The van der Waals surface area contributed by atoms with Crippen LogP contribution < -0.4 is 4.74 Å². The number of nitrogens with zero attached hydrogens (tertiary/aromatic N) is 4. The van der Waals surface area contributed by atoms with E-state index in [1.165, 1.54) is 0 Å². The number of thioether (sulfide) groups is 1. The molecule has 0 amide bonds. The first-order valence-corrected chi connectivity index (χ1v) is 6.42. The van der Waals surface area contributed by atoms with Gasteiger partial charge in [0, 0.05) is 11.9 Å². The van der Waals surface area contributed by atoms with Crippen molar-refractivity contribution in [2.24, 2.45) is 7.05 Å². The van der Waals surface area contributed by atoms with Gasteiger partial charge in [-0.3, -0.25) is 4.68 Å². The number of aromatic nitrogens is 3. The van der Waals surface area contributed by atoms with Crippen LogP contribution in [-0.2, 0) is 7.05 Å². The maximum Gasteiger partial charge on any atom is 0.341 e. The summed E-state index contributed by atoms with van der Waals surface area (Å²) in [6.45, 7) is 2.04. The van der Waals surface area contributed by atoms with Crippen LogP contribution in [0.4, 0.5) is 0 Å². The standard InChI is InChI=1S/C12H12N4OS/c1-3-18-11-6-4-5-10(9(11)7-13)17-12-14-8-16(2)15-12/h4-6,8H,3H2,1-2H3. The van der Waals surface area contributed by atoms with Crippen molar-refractivity contribution in [3.8, 4) is 17.8 Å². The van der Waals surface area contributed by atoms with Gasteiger partial charge in [0.2, 0.25) is 0 Å². The summed E-state index contributed by atoms with van der Waals surface area (Å²) < 4.78 is 7.08. The largest absolute Gasteiger partial charge is 0.422 e. The highest BCUT2D eigenvalue weighted by molar-refractivity contribution is 7.99. The van der Waals surface area contributed by atoms with Gasteiger partial charge in [-0.15, -0.1) is 16.9 Å². The Bertz CT molecular complexity index is 588. The predicted octanol–water partition coefficient (Wildman–Crippen LogP) is 2.59. The Hall–Kier alpha value is -2.00. The lowest BCUT2D eigenvalue weighted by Gasteiger charge is -2.07. The second-order valence-electron chi connectivity index (χ2n) is 3.48. The van der Waals surface area contributed by atoms with Crippen LogP contribution in [0.25, 0.3) is 0 Å². The third-order valence-corrected chi connectivity index (χ3v) is 3.12. The van der Waals surface area contributed by atoms with Crippen molar-refractivity contribution in [2.45, 2.75) is 11.8 Å². The number of nitriles is 1. The number of rotatable bonds is 4. The van der Waals surface area contributed by atoms with Crippen LogP contribution in [0.5, 0.6) is 11.8 Å². The minimum Gasteiger partial charge on any atom is -0.422 e. The molecule has 18 heavy (non-hydrogen) atoms. The van der Waals surface area contributed by atoms with Crippen molar-refractivity contribution in [1.29, 1.82) is 5.26 Å². The van der Waals surface area contributed by atoms with Gasteiger partial charge in [-0.25, -0.2) is 0 Å². The molecule has 0 bridgehead atoms. The number of hydrogen-bond acceptors (Lipinski definition) is 5. The molecular weight excluding hydrogens is 248 g/mol. The van der Waals surface area contributed by atoms with E-state index in [-0.39, 0.29) is 6.01 Å². The quantitative estimate of drug-likeness (QED) is 0.791. The van der Waals surface area contributed by atoms with E-state index in [1.807, 2.05) is 19.1 Å². The minimum atomic E-state index is 0.243. The van der Waals surface area contributed by atoms with Crippen molar-refractivity contribution in [3.63, 3.8) is 0 Å². The second kappa shape index (κ2) is 5.56. The number of ether oxygens (including phenoxy) is 1. The van der Waals surface area contributed by atoms with Gasteiger partial charge in [-0.2, -0.15) is 10.2 Å². The third kappa shape index (κ3) is 2.63. The summed E-state index contributed by atoms with van der Waals surface area (Å²) in [6, 6.07) is 7.92. The summed E-state index contributed by atoms with van der Waals surface area (Å²) in [7, 11) is 1.76. The van der Waals surface area contributed by atoms with E-state index in [1.54, 1.807) is 35.9 Å². The SMILES string of the molecule is CCSc1cccc(Oc2ncn(C)n2)c1C#N. The van der Waals surface area contributed by atoms with Gasteiger partial charge in [0.25, 0.3) is 0 Å². The van der Waals surface area contributed by atoms with E-state index in [9.17, 15) is 5.26 Å². The summed E-state index contributed by atoms with van der Waals surface area (Å²) in [5.41, 5.74) is 0.525. The number of hydrogen-bond donors (Lipinski definition) is 0. The van der Waals surface area contributed by atoms with Crippen molar-refractivity contribution in [2.75, 3.05) is 5.75 Å². The zero-order chi connectivity index (χ0) is 13.0. The molecule has 0 unspecified atom stereocenters. The molecule has 5 nitrogen and oxygen atoms in total. The molecular formula is C12H12N4OS. The van der Waals surface area contributed by atoms with Crippen molar-refractivity contribution < 1.29 is 4.74 Å². The highest BCUT2D eigenvalue weighted by atomic mass is 32.2. The van der Waals surface area contributed by atoms with Crippen LogP contribution in [-0.4, -0.2) is 20.5 Å². The molecule has 1 aromatic heterocycles. The van der Waals surface area contributed by atoms with Crippen LogP contribution >= 0.6 is 11.8 Å². The Balaban J connectivity index is 2.33. The Morgan fingerprint density at radius 3 is 2.94 bits per heavy atom. The summed E-state index contributed by atoms with van der Waals surface area (Å²) in [5, 5.41) is 13.2. The van der Waals surface area contributed by atoms with Gasteiger partial charge < -0.3 is 4.74 Å². The van der Waals surface area contributed by atoms with Crippen LogP contribution in [0.2, 0.25) is 0 Å². The van der Waals surface area contributed by atoms with Crippen molar-refractivity contribution in [1.82, 2.24) is 14.8 Å². The molecule has 0 aliphatic carbocycles. The van der Waals surface area contributed by atoms with Gasteiger partial charge in [0.05, 0.1) is 0 Å². The first-order valence-electron chi connectivity index (χ1n) is 5.44. The summed E-state index contributed by atoms with van der Waals surface area (Å²) in [5.74, 6) is 1.39. The monoisotopic (exact) mass is 260 g/mol. The average Bonchev–Trinajstić information content (AvgIpc) is 2.76. The molecule has 6 heteroatoms. The molecule has 0 aliphatic rings. The van der Waals surface area contributed by atoms with Gasteiger partial charge in [0.15, 0.2) is 0 Å². The van der Waals surface area contributed by atoms with E-state index < -0.39 is 0 Å². The average molecular weight is 260 g/mol. The van der Waals surface area contributed by atoms with Crippen molar-refractivity contribution in [3.05, 3.63) is 30.1 Å². The van der Waals surface area contributed by atoms with Crippen LogP contribution in [0, 0.1) is 11.3 Å². The lowest BCUT2D eigenvalue weighted by Crippen LogP contribution is -1.93. The highest BCUT2D eigenvalue weighted by Crippen LogP contribution is 2.31. The zero-order valence-corrected chi connectivity index (χ0v) is 10.9. The van der Waals surface area contributed by atoms with E-state index in [4.69, 9.17) is 4.74 Å². The predicted molar refractivity (Wildman–Crippen MR) is 68.6 cm³/mol. The topological polar surface area (TPSA) is 63.7 Å². The molecule has 0 radical (unpaired) electrons. The summed E-state index contributed by atoms with van der Waals surface area (Å²) in [6.07, 6.45) is 1.55. The smallest absolute Gasteiger partial charge is 0.341 e. The van der Waals surface area contributed by atoms with Gasteiger partial charge in [-0.05, 0) is 17.9 Å². The maximum atomic E-state index is 9.22. The minimum absolute atomic E-state index is 0.243. The summed E-state index contributed by atoms with van der Waals surface area (Å²) >= 11 is 1.61. The first-order chi connectivity index (χ1) is 8.74. The van der Waals surface area contributed by atoms with E-state index in [0.29, 0.717) is 11.3 Å². The van der Waals surface area contributed by atoms with E-state index in [0.717, 1.165) is 10.6 Å². The fourth-order valence-corrected chi connectivity index (χ4v) is 2.22. The second-order valence-corrected chi connectivity index (χ2v) is 4.78. The van der Waals surface area contributed by atoms with Gasteiger partial charge in [-0.1, -0.05) is 13.0 Å². The molecule has 0 spiro atoms. The Morgan fingerprint density at radius 1 is 1.50 bits per heavy atom. The third-order valence-electron chi connectivity index (χ3n) is 2.18. The lowest BCUT2D eigenvalue weighted by molar-refractivity contribution is 0.436. The number of aryl methyl sites for hydroxylation is 1. The molecule has 1 heterocycles. The van der Waals surface area contributed by atoms with Gasteiger partial charge >= 0.3 is 6.01 Å². The van der Waals surface area contributed by atoms with E-state index in [2.05, 4.69) is 16.2 Å². The molecule has 0 N–H and O–H groups in total. The molecule has 1 aromatic carbocycles. The van der Waals surface area contributed by atoms with Crippen LogP contribution in [0.3, 0.4) is 0 Å². The molecule has 0 aliphatic heterocycles. The molecule has 2 rings (SSSR count). The normalized spacial score (nSPS) is 10.1. The van der Waals surface area contributed by atoms with E-state index >= 15 is 0 Å². The first kappa shape index (κ1) is 12.5. The maximum absolute atomic E-state index is 9.22. The van der Waals surface area contributed by atoms with Crippen molar-refractivity contribution >= 4 is 11.8 Å². The Kier molecular flexibility index (Phi) is 3.85. The molecule has 0 atom stereocenters. The fraction of sp³-hybridized carbons (Fsp3) is 0.250. The molecule has 0 saturated carbocycles. The zero-order valence-electron chi connectivity index (χ0n) is 10.1. The van der Waals surface area contributed by atoms with Crippen LogP contribution in [0.15, 0.2) is 29.4 Å². The molecule has 2 aromatic rings. The molecule has 92 valence electrons. The summed E-state index contributed by atoms with van der Waals surface area (Å²) in [4.78, 5) is 4.89. The fourth-order valence-electron chi connectivity index (χ4n) is 1.45. The number of benzene rings is 1. The van der Waals surface area contributed by atoms with Crippen LogP contribution in [0.1, 0.15) is 12.5 Å². The Labute approximate surface area is 109 Å². The lowest BCUT2D eigenvalue weighted by atomic mass is 10.2.